The van der Waals surface area contributed by atoms with Crippen molar-refractivity contribution in [3.05, 3.63) is 28.7 Å². The van der Waals surface area contributed by atoms with Crippen molar-refractivity contribution in [2.75, 3.05) is 11.9 Å². The lowest BCUT2D eigenvalue weighted by Gasteiger charge is -2.43. The number of likely N-dealkylation sites (tertiary alicyclic amines) is 1. The van der Waals surface area contributed by atoms with E-state index in [1.807, 2.05) is 26.0 Å². The molecule has 0 radical (unpaired) electrons. The summed E-state index contributed by atoms with van der Waals surface area (Å²) >= 11 is 3.33. The van der Waals surface area contributed by atoms with Crippen LogP contribution in [0.15, 0.2) is 28.7 Å². The summed E-state index contributed by atoms with van der Waals surface area (Å²) in [5.74, 6) is -0.953. The average molecular weight is 355 g/mol. The van der Waals surface area contributed by atoms with Gasteiger partial charge in [-0.2, -0.15) is 0 Å². The number of anilines is 1. The average Bonchev–Trinajstić information content (AvgIpc) is 2.39. The lowest BCUT2D eigenvalue weighted by molar-refractivity contribution is -0.148. The SMILES string of the molecule is CC1(C)CCCN(C(=O)Nc2ccc(Br)cc2)C1C(=O)O. The van der Waals surface area contributed by atoms with Crippen molar-refractivity contribution in [3.8, 4) is 0 Å². The smallest absolute Gasteiger partial charge is 0.327 e. The maximum absolute atomic E-state index is 12.4. The van der Waals surface area contributed by atoms with Crippen molar-refractivity contribution in [3.63, 3.8) is 0 Å². The van der Waals surface area contributed by atoms with Crippen LogP contribution in [0.4, 0.5) is 10.5 Å². The Morgan fingerprint density at radius 3 is 2.52 bits per heavy atom. The number of halogens is 1. The standard InChI is InChI=1S/C15H19BrN2O3/c1-15(2)8-3-9-18(12(15)13(19)20)14(21)17-11-6-4-10(16)5-7-11/h4-7,12H,3,8-9H2,1-2H3,(H,17,21)(H,19,20). The third kappa shape index (κ3) is 3.56. The minimum Gasteiger partial charge on any atom is -0.480 e. The minimum absolute atomic E-state index is 0.363. The fourth-order valence-corrected chi connectivity index (χ4v) is 3.07. The fraction of sp³-hybridized carbons (Fsp3) is 0.467. The second kappa shape index (κ2) is 6.05. The number of hydrogen-bond acceptors (Lipinski definition) is 2. The van der Waals surface area contributed by atoms with Gasteiger partial charge in [0.25, 0.3) is 0 Å². The van der Waals surface area contributed by atoms with Gasteiger partial charge >= 0.3 is 12.0 Å². The molecular weight excluding hydrogens is 336 g/mol. The topological polar surface area (TPSA) is 69.6 Å². The van der Waals surface area contributed by atoms with E-state index in [1.54, 1.807) is 12.1 Å². The number of benzene rings is 1. The molecule has 1 aromatic carbocycles. The van der Waals surface area contributed by atoms with E-state index in [-0.39, 0.29) is 6.03 Å². The van der Waals surface area contributed by atoms with Crippen LogP contribution < -0.4 is 5.32 Å². The molecule has 2 N–H and O–H groups in total. The number of carbonyl (C=O) groups excluding carboxylic acids is 1. The molecule has 6 heteroatoms. The van der Waals surface area contributed by atoms with Crippen LogP contribution in [-0.2, 0) is 4.79 Å². The van der Waals surface area contributed by atoms with Gasteiger partial charge in [0.1, 0.15) is 6.04 Å². The van der Waals surface area contributed by atoms with Gasteiger partial charge < -0.3 is 15.3 Å². The number of aliphatic carboxylic acids is 1. The molecule has 114 valence electrons. The summed E-state index contributed by atoms with van der Waals surface area (Å²) in [5, 5.41) is 12.2. The van der Waals surface area contributed by atoms with Gasteiger partial charge in [-0.15, -0.1) is 0 Å². The van der Waals surface area contributed by atoms with E-state index < -0.39 is 17.4 Å². The van der Waals surface area contributed by atoms with Crippen molar-refractivity contribution in [2.45, 2.75) is 32.7 Å². The number of nitrogens with one attached hydrogen (secondary N) is 1. The zero-order valence-electron chi connectivity index (χ0n) is 12.1. The number of carbonyl (C=O) groups is 2. The number of rotatable bonds is 2. The molecule has 1 aliphatic rings. The van der Waals surface area contributed by atoms with Crippen LogP contribution >= 0.6 is 15.9 Å². The number of nitrogens with zero attached hydrogens (tertiary/aromatic N) is 1. The lowest BCUT2D eigenvalue weighted by atomic mass is 9.76. The second-order valence-electron chi connectivity index (χ2n) is 5.96. The van der Waals surface area contributed by atoms with Gasteiger partial charge in [0.05, 0.1) is 0 Å². The summed E-state index contributed by atoms with van der Waals surface area (Å²) in [6, 6.07) is 6.02. The molecule has 5 nitrogen and oxygen atoms in total. The van der Waals surface area contributed by atoms with E-state index in [0.717, 1.165) is 17.3 Å². The van der Waals surface area contributed by atoms with Crippen LogP contribution in [0.5, 0.6) is 0 Å². The number of piperidine rings is 1. The number of urea groups is 1. The first-order valence-corrected chi connectivity index (χ1v) is 7.66. The van der Waals surface area contributed by atoms with Crippen molar-refractivity contribution >= 4 is 33.6 Å². The van der Waals surface area contributed by atoms with E-state index in [1.165, 1.54) is 4.90 Å². The highest BCUT2D eigenvalue weighted by Gasteiger charge is 2.44. The molecule has 1 saturated heterocycles. The molecule has 0 aromatic heterocycles. The lowest BCUT2D eigenvalue weighted by Crippen LogP contribution is -2.57. The van der Waals surface area contributed by atoms with E-state index in [0.29, 0.717) is 12.2 Å². The highest BCUT2D eigenvalue weighted by atomic mass is 79.9. The first-order valence-electron chi connectivity index (χ1n) is 6.87. The molecule has 1 unspecified atom stereocenters. The molecular formula is C15H19BrN2O3. The highest BCUT2D eigenvalue weighted by Crippen LogP contribution is 2.35. The number of hydrogen-bond donors (Lipinski definition) is 2. The molecule has 21 heavy (non-hydrogen) atoms. The number of amides is 2. The number of carboxylic acid groups (broad SMARTS) is 1. The molecule has 2 amide bonds. The third-order valence-electron chi connectivity index (χ3n) is 3.86. The van der Waals surface area contributed by atoms with Gasteiger partial charge in [0.15, 0.2) is 0 Å². The molecule has 1 aromatic rings. The van der Waals surface area contributed by atoms with Gasteiger partial charge in [-0.05, 0) is 42.5 Å². The molecule has 0 spiro atoms. The molecule has 2 rings (SSSR count). The molecule has 1 aliphatic heterocycles. The fourth-order valence-electron chi connectivity index (χ4n) is 2.81. The molecule has 1 heterocycles. The Kier molecular flexibility index (Phi) is 4.56. The Balaban J connectivity index is 2.16. The van der Waals surface area contributed by atoms with E-state index in [9.17, 15) is 14.7 Å². The Bertz CT molecular complexity index is 542. The van der Waals surface area contributed by atoms with Crippen LogP contribution in [0, 0.1) is 5.41 Å². The minimum atomic E-state index is -0.953. The zero-order valence-corrected chi connectivity index (χ0v) is 13.7. The zero-order chi connectivity index (χ0) is 15.6. The van der Waals surface area contributed by atoms with Crippen LogP contribution in [-0.4, -0.2) is 34.6 Å². The first-order chi connectivity index (χ1) is 9.81. The van der Waals surface area contributed by atoms with Crippen LogP contribution in [0.3, 0.4) is 0 Å². The maximum Gasteiger partial charge on any atom is 0.327 e. The van der Waals surface area contributed by atoms with Gasteiger partial charge in [-0.1, -0.05) is 29.8 Å². The van der Waals surface area contributed by atoms with Gasteiger partial charge in [-0.25, -0.2) is 9.59 Å². The summed E-state index contributed by atoms with van der Waals surface area (Å²) in [4.78, 5) is 25.4. The number of carboxylic acids is 1. The van der Waals surface area contributed by atoms with Crippen LogP contribution in [0.1, 0.15) is 26.7 Å². The molecule has 0 bridgehead atoms. The van der Waals surface area contributed by atoms with Crippen LogP contribution in [0.25, 0.3) is 0 Å². The first kappa shape index (κ1) is 15.8. The molecule has 0 aliphatic carbocycles. The van der Waals surface area contributed by atoms with E-state index in [2.05, 4.69) is 21.2 Å². The molecule has 1 fully saturated rings. The second-order valence-corrected chi connectivity index (χ2v) is 6.88. The van der Waals surface area contributed by atoms with Gasteiger partial charge in [0, 0.05) is 16.7 Å². The van der Waals surface area contributed by atoms with Crippen molar-refractivity contribution in [1.82, 2.24) is 4.90 Å². The maximum atomic E-state index is 12.4. The molecule has 0 saturated carbocycles. The summed E-state index contributed by atoms with van der Waals surface area (Å²) < 4.78 is 0.919. The summed E-state index contributed by atoms with van der Waals surface area (Å²) in [7, 11) is 0. The van der Waals surface area contributed by atoms with Gasteiger partial charge in [-0.3, -0.25) is 0 Å². The largest absolute Gasteiger partial charge is 0.480 e. The quantitative estimate of drug-likeness (QED) is 0.852. The van der Waals surface area contributed by atoms with Crippen molar-refractivity contribution < 1.29 is 14.7 Å². The third-order valence-corrected chi connectivity index (χ3v) is 4.39. The Hall–Kier alpha value is -1.56. The summed E-state index contributed by atoms with van der Waals surface area (Å²) in [6.45, 7) is 4.25. The van der Waals surface area contributed by atoms with E-state index in [4.69, 9.17) is 0 Å². The highest BCUT2D eigenvalue weighted by molar-refractivity contribution is 9.10. The van der Waals surface area contributed by atoms with Crippen LogP contribution in [0.2, 0.25) is 0 Å². The predicted molar refractivity (Wildman–Crippen MR) is 84.3 cm³/mol. The van der Waals surface area contributed by atoms with Crippen molar-refractivity contribution in [1.29, 1.82) is 0 Å². The van der Waals surface area contributed by atoms with E-state index >= 15 is 0 Å². The Morgan fingerprint density at radius 1 is 1.33 bits per heavy atom. The predicted octanol–water partition coefficient (Wildman–Crippen LogP) is 3.56. The monoisotopic (exact) mass is 354 g/mol. The Morgan fingerprint density at radius 2 is 1.95 bits per heavy atom. The summed E-state index contributed by atoms with van der Waals surface area (Å²) in [5.41, 5.74) is 0.219. The van der Waals surface area contributed by atoms with Crippen molar-refractivity contribution in [2.24, 2.45) is 5.41 Å². The summed E-state index contributed by atoms with van der Waals surface area (Å²) in [6.07, 6.45) is 1.61. The molecule has 1 atom stereocenters. The van der Waals surface area contributed by atoms with Gasteiger partial charge in [0.2, 0.25) is 0 Å². The Labute approximate surface area is 132 Å². The normalized spacial score (nSPS) is 20.9.